The number of anilines is 2. The van der Waals surface area contributed by atoms with E-state index in [0.29, 0.717) is 5.69 Å². The van der Waals surface area contributed by atoms with Gasteiger partial charge in [0.1, 0.15) is 0 Å². The van der Waals surface area contributed by atoms with Crippen LogP contribution in [0.5, 0.6) is 0 Å². The highest BCUT2D eigenvalue weighted by Crippen LogP contribution is 2.20. The third kappa shape index (κ3) is 2.89. The summed E-state index contributed by atoms with van der Waals surface area (Å²) in [5, 5.41) is 8.95. The molecule has 0 amide bonds. The van der Waals surface area contributed by atoms with Crippen molar-refractivity contribution < 1.29 is 18.3 Å². The fourth-order valence-corrected chi connectivity index (χ4v) is 2.69. The first-order valence-corrected chi connectivity index (χ1v) is 7.09. The molecule has 2 aromatic rings. The van der Waals surface area contributed by atoms with Crippen LogP contribution in [0.3, 0.4) is 0 Å². The SMILES string of the molecule is Nc1ccc(S(=O)(=O)Nc2ccccc2)cc1C(=O)O. The van der Waals surface area contributed by atoms with Crippen LogP contribution in [0, 0.1) is 0 Å². The van der Waals surface area contributed by atoms with Gasteiger partial charge in [-0.1, -0.05) is 18.2 Å². The van der Waals surface area contributed by atoms with Crippen molar-refractivity contribution >= 4 is 27.4 Å². The fraction of sp³-hybridized carbons (Fsp3) is 0. The number of rotatable bonds is 4. The molecule has 0 atom stereocenters. The Bertz CT molecular complexity index is 742. The molecule has 0 unspecified atom stereocenters. The second-order valence-corrected chi connectivity index (χ2v) is 5.71. The molecule has 20 heavy (non-hydrogen) atoms. The topological polar surface area (TPSA) is 109 Å². The molecule has 0 heterocycles. The number of aromatic carboxylic acids is 1. The lowest BCUT2D eigenvalue weighted by Crippen LogP contribution is -2.14. The van der Waals surface area contributed by atoms with Crippen molar-refractivity contribution in [2.45, 2.75) is 4.90 Å². The summed E-state index contributed by atoms with van der Waals surface area (Å²) in [6.45, 7) is 0. The van der Waals surface area contributed by atoms with Gasteiger partial charge in [0.15, 0.2) is 0 Å². The van der Waals surface area contributed by atoms with Gasteiger partial charge in [-0.2, -0.15) is 0 Å². The van der Waals surface area contributed by atoms with E-state index in [0.717, 1.165) is 6.07 Å². The number of nitrogens with one attached hydrogen (secondary N) is 1. The van der Waals surface area contributed by atoms with Crippen LogP contribution >= 0.6 is 0 Å². The summed E-state index contributed by atoms with van der Waals surface area (Å²) in [7, 11) is -3.85. The number of nitrogens with two attached hydrogens (primary N) is 1. The molecule has 2 aromatic carbocycles. The average molecular weight is 292 g/mol. The van der Waals surface area contributed by atoms with Gasteiger partial charge in [0.05, 0.1) is 10.5 Å². The van der Waals surface area contributed by atoms with Gasteiger partial charge in [-0.15, -0.1) is 0 Å². The van der Waals surface area contributed by atoms with Crippen molar-refractivity contribution in [2.75, 3.05) is 10.5 Å². The Morgan fingerprint density at radius 2 is 1.75 bits per heavy atom. The molecule has 4 N–H and O–H groups in total. The summed E-state index contributed by atoms with van der Waals surface area (Å²) >= 11 is 0. The molecule has 0 bridgehead atoms. The Balaban J connectivity index is 2.40. The summed E-state index contributed by atoms with van der Waals surface area (Å²) < 4.78 is 26.6. The van der Waals surface area contributed by atoms with Crippen molar-refractivity contribution in [3.63, 3.8) is 0 Å². The summed E-state index contributed by atoms with van der Waals surface area (Å²) in [6.07, 6.45) is 0. The molecule has 7 heteroatoms. The molecule has 0 aliphatic rings. The standard InChI is InChI=1S/C13H12N2O4S/c14-12-7-6-10(8-11(12)13(16)17)20(18,19)15-9-4-2-1-3-5-9/h1-8,15H,14H2,(H,16,17). The summed E-state index contributed by atoms with van der Waals surface area (Å²) in [4.78, 5) is 10.8. The summed E-state index contributed by atoms with van der Waals surface area (Å²) in [5.74, 6) is -1.28. The molecule has 0 saturated carbocycles. The second-order valence-electron chi connectivity index (χ2n) is 4.03. The van der Waals surface area contributed by atoms with E-state index in [1.54, 1.807) is 30.3 Å². The minimum Gasteiger partial charge on any atom is -0.478 e. The van der Waals surface area contributed by atoms with E-state index in [9.17, 15) is 13.2 Å². The minimum absolute atomic E-state index is 0.0103. The zero-order valence-corrected chi connectivity index (χ0v) is 11.1. The van der Waals surface area contributed by atoms with Gasteiger partial charge in [-0.05, 0) is 30.3 Å². The van der Waals surface area contributed by atoms with Gasteiger partial charge in [0.25, 0.3) is 10.0 Å². The Morgan fingerprint density at radius 3 is 2.35 bits per heavy atom. The van der Waals surface area contributed by atoms with Crippen molar-refractivity contribution in [2.24, 2.45) is 0 Å². The van der Waals surface area contributed by atoms with Gasteiger partial charge in [0, 0.05) is 11.4 Å². The number of hydrogen-bond acceptors (Lipinski definition) is 4. The van der Waals surface area contributed by atoms with E-state index in [2.05, 4.69) is 4.72 Å². The lowest BCUT2D eigenvalue weighted by atomic mass is 10.2. The summed E-state index contributed by atoms with van der Waals surface area (Å²) in [5.41, 5.74) is 5.64. The van der Waals surface area contributed by atoms with Crippen LogP contribution in [-0.4, -0.2) is 19.5 Å². The molecule has 0 aliphatic carbocycles. The molecule has 0 spiro atoms. The zero-order chi connectivity index (χ0) is 14.8. The number of sulfonamides is 1. The molecular weight excluding hydrogens is 280 g/mol. The molecule has 0 saturated heterocycles. The van der Waals surface area contributed by atoms with Crippen LogP contribution in [0.1, 0.15) is 10.4 Å². The van der Waals surface area contributed by atoms with Crippen molar-refractivity contribution in [3.05, 3.63) is 54.1 Å². The molecule has 0 aromatic heterocycles. The second kappa shape index (κ2) is 5.22. The van der Waals surface area contributed by atoms with Gasteiger partial charge in [-0.3, -0.25) is 4.72 Å². The number of nitrogen functional groups attached to an aromatic ring is 1. The van der Waals surface area contributed by atoms with Gasteiger partial charge < -0.3 is 10.8 Å². The van der Waals surface area contributed by atoms with Crippen LogP contribution in [0.25, 0.3) is 0 Å². The molecule has 2 rings (SSSR count). The molecule has 6 nitrogen and oxygen atoms in total. The number of carboxylic acids is 1. The number of carbonyl (C=O) groups is 1. The zero-order valence-electron chi connectivity index (χ0n) is 10.3. The highest BCUT2D eigenvalue weighted by Gasteiger charge is 2.18. The van der Waals surface area contributed by atoms with Crippen LogP contribution in [0.2, 0.25) is 0 Å². The molecular formula is C13H12N2O4S. The predicted octanol–water partition coefficient (Wildman–Crippen LogP) is 1.77. The fourth-order valence-electron chi connectivity index (χ4n) is 1.61. The number of hydrogen-bond donors (Lipinski definition) is 3. The first-order valence-electron chi connectivity index (χ1n) is 5.61. The number of para-hydroxylation sites is 1. The first kappa shape index (κ1) is 13.9. The van der Waals surface area contributed by atoms with Crippen molar-refractivity contribution in [3.8, 4) is 0 Å². The number of carboxylic acid groups (broad SMARTS) is 1. The van der Waals surface area contributed by atoms with E-state index in [1.165, 1.54) is 12.1 Å². The van der Waals surface area contributed by atoms with Crippen molar-refractivity contribution in [1.82, 2.24) is 0 Å². The highest BCUT2D eigenvalue weighted by molar-refractivity contribution is 7.92. The third-order valence-electron chi connectivity index (χ3n) is 2.59. The lowest BCUT2D eigenvalue weighted by molar-refractivity contribution is 0.0698. The maximum absolute atomic E-state index is 12.1. The normalized spacial score (nSPS) is 11.0. The van der Waals surface area contributed by atoms with Crippen molar-refractivity contribution in [1.29, 1.82) is 0 Å². The number of benzene rings is 2. The van der Waals surface area contributed by atoms with E-state index >= 15 is 0 Å². The molecule has 0 aliphatic heterocycles. The van der Waals surface area contributed by atoms with Crippen LogP contribution in [-0.2, 0) is 10.0 Å². The Morgan fingerprint density at radius 1 is 1.10 bits per heavy atom. The monoisotopic (exact) mass is 292 g/mol. The maximum atomic E-state index is 12.1. The van der Waals surface area contributed by atoms with E-state index in [1.807, 2.05) is 0 Å². The largest absolute Gasteiger partial charge is 0.478 e. The smallest absolute Gasteiger partial charge is 0.337 e. The quantitative estimate of drug-likeness (QED) is 0.744. The Hall–Kier alpha value is -2.54. The van der Waals surface area contributed by atoms with Gasteiger partial charge in [0.2, 0.25) is 0 Å². The minimum atomic E-state index is -3.85. The summed E-state index contributed by atoms with van der Waals surface area (Å²) in [6, 6.07) is 11.8. The van der Waals surface area contributed by atoms with Crippen LogP contribution in [0.4, 0.5) is 11.4 Å². The molecule has 0 radical (unpaired) electrons. The average Bonchev–Trinajstić information content (AvgIpc) is 2.39. The molecule has 104 valence electrons. The van der Waals surface area contributed by atoms with Gasteiger partial charge >= 0.3 is 5.97 Å². The lowest BCUT2D eigenvalue weighted by Gasteiger charge is -2.09. The molecule has 0 fully saturated rings. The predicted molar refractivity (Wildman–Crippen MR) is 75.1 cm³/mol. The van der Waals surface area contributed by atoms with Gasteiger partial charge in [-0.25, -0.2) is 13.2 Å². The van der Waals surface area contributed by atoms with E-state index in [-0.39, 0.29) is 16.1 Å². The third-order valence-corrected chi connectivity index (χ3v) is 3.97. The Kier molecular flexibility index (Phi) is 3.62. The van der Waals surface area contributed by atoms with Crippen LogP contribution < -0.4 is 10.5 Å². The van der Waals surface area contributed by atoms with Crippen LogP contribution in [0.15, 0.2) is 53.4 Å². The maximum Gasteiger partial charge on any atom is 0.337 e. The Labute approximate surface area is 115 Å². The first-order chi connectivity index (χ1) is 9.40. The van der Waals surface area contributed by atoms with E-state index in [4.69, 9.17) is 10.8 Å². The highest BCUT2D eigenvalue weighted by atomic mass is 32.2. The van der Waals surface area contributed by atoms with E-state index < -0.39 is 16.0 Å².